The molecule has 2 aromatic carbocycles. The Bertz CT molecular complexity index is 1920. The maximum atomic E-state index is 14.3. The molecule has 6 rings (SSSR count). The number of ketones is 1. The van der Waals surface area contributed by atoms with E-state index in [9.17, 15) is 40.2 Å². The number of hydrogen-bond acceptors (Lipinski definition) is 14. The summed E-state index contributed by atoms with van der Waals surface area (Å²) in [6, 6.07) is 0. The third-order valence-corrected chi connectivity index (χ3v) is 11.1. The van der Waals surface area contributed by atoms with Crippen LogP contribution in [-0.4, -0.2) is 117 Å². The van der Waals surface area contributed by atoms with Crippen molar-refractivity contribution in [3.05, 3.63) is 52.8 Å². The fraction of sp³-hybridized carbons (Fsp3) is 0.525. The van der Waals surface area contributed by atoms with Crippen molar-refractivity contribution in [1.82, 2.24) is 5.01 Å². The number of phenolic OH excluding ortho intramolecular Hbond substituents is 3. The number of aromatic hydroxyl groups is 3. The lowest BCUT2D eigenvalue weighted by atomic mass is 9.78. The molecule has 0 saturated carbocycles. The summed E-state index contributed by atoms with van der Waals surface area (Å²) in [7, 11) is 1.43. The first-order valence-corrected chi connectivity index (χ1v) is 18.4. The van der Waals surface area contributed by atoms with Gasteiger partial charge in [-0.05, 0) is 19.9 Å². The molecule has 1 fully saturated rings. The summed E-state index contributed by atoms with van der Waals surface area (Å²) in [5.41, 5.74) is -0.366. The van der Waals surface area contributed by atoms with Crippen molar-refractivity contribution in [2.24, 2.45) is 28.8 Å². The number of rotatable bonds is 3. The van der Waals surface area contributed by atoms with Crippen molar-refractivity contribution < 1.29 is 59.2 Å². The predicted molar refractivity (Wildman–Crippen MR) is 204 cm³/mol. The Hall–Kier alpha value is -4.67. The number of aliphatic hydroxyl groups is 3. The number of aliphatic hydroxyl groups excluding tert-OH is 3. The lowest BCUT2D eigenvalue weighted by Crippen LogP contribution is -2.44. The van der Waals surface area contributed by atoms with Crippen LogP contribution < -0.4 is 10.1 Å². The Morgan fingerprint density at radius 2 is 1.55 bits per heavy atom. The molecular weight excluding hydrogens is 714 g/mol. The highest BCUT2D eigenvalue weighted by atomic mass is 16.7. The first-order valence-electron chi connectivity index (χ1n) is 18.4. The summed E-state index contributed by atoms with van der Waals surface area (Å²) in [6.45, 7) is 12.9. The Morgan fingerprint density at radius 3 is 2.20 bits per heavy atom. The number of nitrogens with one attached hydrogen (secondary N) is 1. The van der Waals surface area contributed by atoms with Gasteiger partial charge < -0.3 is 54.9 Å². The summed E-state index contributed by atoms with van der Waals surface area (Å²) in [5.74, 6) is -7.68. The molecule has 0 spiro atoms. The molecule has 1 saturated heterocycles. The zero-order valence-electron chi connectivity index (χ0n) is 32.4. The number of amides is 1. The molecule has 0 radical (unpaired) electrons. The third-order valence-electron chi connectivity index (χ3n) is 11.1. The smallest absolute Gasteiger partial charge is 0.312 e. The van der Waals surface area contributed by atoms with Gasteiger partial charge in [-0.3, -0.25) is 14.6 Å². The molecule has 0 aliphatic carbocycles. The first kappa shape index (κ1) is 41.5. The van der Waals surface area contributed by atoms with Gasteiger partial charge in [0.25, 0.3) is 11.7 Å². The molecule has 5 bridgehead atoms. The van der Waals surface area contributed by atoms with Gasteiger partial charge in [0.15, 0.2) is 5.75 Å². The number of hydrazone groups is 1. The van der Waals surface area contributed by atoms with E-state index in [0.29, 0.717) is 26.3 Å². The average molecular weight is 768 g/mol. The number of allylic oxidation sites excluding steroid dienone is 2. The number of hydrogen-bond donors (Lipinski definition) is 7. The number of morpholine rings is 1. The number of carbonyl (C=O) groups is 2. The second-order valence-electron chi connectivity index (χ2n) is 14.8. The number of methoxy groups -OCH3 is 1. The molecule has 55 heavy (non-hydrogen) atoms. The minimum absolute atomic E-state index is 0.0604. The summed E-state index contributed by atoms with van der Waals surface area (Å²) < 4.78 is 23.0. The van der Waals surface area contributed by atoms with E-state index >= 15 is 0 Å². The fourth-order valence-corrected chi connectivity index (χ4v) is 7.29. The highest BCUT2D eigenvalue weighted by molar-refractivity contribution is 6.23. The maximum absolute atomic E-state index is 14.3. The van der Waals surface area contributed by atoms with Crippen molar-refractivity contribution in [3.63, 3.8) is 0 Å². The van der Waals surface area contributed by atoms with Crippen LogP contribution >= 0.6 is 0 Å². The van der Waals surface area contributed by atoms with Crippen LogP contribution in [0.3, 0.4) is 0 Å². The quantitative estimate of drug-likeness (QED) is 0.134. The van der Waals surface area contributed by atoms with E-state index in [1.54, 1.807) is 44.9 Å². The molecule has 15 heteroatoms. The number of ether oxygens (including phenoxy) is 4. The van der Waals surface area contributed by atoms with Gasteiger partial charge in [-0.15, -0.1) is 0 Å². The molecule has 4 aliphatic rings. The molecule has 4 heterocycles. The Balaban J connectivity index is 1.70. The molecule has 4 aliphatic heterocycles. The van der Waals surface area contributed by atoms with Crippen molar-refractivity contribution in [2.45, 2.75) is 78.7 Å². The van der Waals surface area contributed by atoms with Crippen LogP contribution in [0.15, 0.2) is 41.2 Å². The summed E-state index contributed by atoms with van der Waals surface area (Å²) >= 11 is 0. The molecular formula is C40H53N3O12. The van der Waals surface area contributed by atoms with Crippen molar-refractivity contribution in [3.8, 4) is 23.0 Å². The maximum Gasteiger partial charge on any atom is 0.312 e. The second kappa shape index (κ2) is 16.6. The standard InChI is InChI=1S/C40H53N3O12/c1-19-10-9-11-20(2)39(51)42-30-25(18-41-43-13-16-53-17-14-43)35(48)27-28(36(30)49)34(47)24(6)37-29(27)38(50)40(7,55-37)54-15-12-26(52-8)21(3)32(45)23(5)33(46)22(4)31(19)44/h9-12,15,18-19,21-23,26,31-33,44-49H,13-14,16-17H2,1-8H3,(H,42,51)/b10-9-,15-12-,20-11-,41-18-. The summed E-state index contributed by atoms with van der Waals surface area (Å²) in [5, 5.41) is 77.2. The average Bonchev–Trinajstić information content (AvgIpc) is 3.44. The zero-order chi connectivity index (χ0) is 40.5. The van der Waals surface area contributed by atoms with Gasteiger partial charge in [-0.1, -0.05) is 45.9 Å². The molecule has 9 atom stereocenters. The highest BCUT2D eigenvalue weighted by Gasteiger charge is 2.50. The summed E-state index contributed by atoms with van der Waals surface area (Å²) in [6.07, 6.45) is 4.70. The van der Waals surface area contributed by atoms with Gasteiger partial charge in [-0.25, -0.2) is 0 Å². The lowest BCUT2D eigenvalue weighted by Gasteiger charge is -2.36. The van der Waals surface area contributed by atoms with E-state index in [1.807, 2.05) is 0 Å². The zero-order valence-corrected chi connectivity index (χ0v) is 32.4. The highest BCUT2D eigenvalue weighted by Crippen LogP contribution is 2.55. The number of anilines is 1. The summed E-state index contributed by atoms with van der Waals surface area (Å²) in [4.78, 5) is 27.9. The molecule has 0 aromatic heterocycles. The number of benzene rings is 2. The first-order chi connectivity index (χ1) is 25.9. The SMILES string of the molecule is COC1/C=C\OC2(C)Oc3c(C)c(O)c4c(O)c(c(/C=N\N5CCOCC5)c(O)c4c3C2=O)NC(=O)/C(C)=C\C=C/C(C)C(O)C(C)C(O)C(C)C(O)C1C. The molecule has 300 valence electrons. The Kier molecular flexibility index (Phi) is 12.5. The fourth-order valence-electron chi connectivity index (χ4n) is 7.29. The van der Waals surface area contributed by atoms with E-state index in [2.05, 4.69) is 10.4 Å². The lowest BCUT2D eigenvalue weighted by molar-refractivity contribution is -0.112. The minimum atomic E-state index is -2.02. The van der Waals surface area contributed by atoms with E-state index in [4.69, 9.17) is 18.9 Å². The van der Waals surface area contributed by atoms with Crippen LogP contribution in [0.2, 0.25) is 0 Å². The Morgan fingerprint density at radius 1 is 0.909 bits per heavy atom. The normalized spacial score (nSPS) is 33.3. The van der Waals surface area contributed by atoms with E-state index < -0.39 is 82.8 Å². The molecule has 15 nitrogen and oxygen atoms in total. The van der Waals surface area contributed by atoms with Crippen LogP contribution in [-0.2, 0) is 19.0 Å². The predicted octanol–water partition coefficient (Wildman–Crippen LogP) is 3.85. The van der Waals surface area contributed by atoms with Gasteiger partial charge in [0.2, 0.25) is 0 Å². The number of carbonyl (C=O) groups excluding carboxylic acids is 2. The number of nitrogens with zero attached hydrogens (tertiary/aromatic N) is 2. The van der Waals surface area contributed by atoms with Crippen LogP contribution in [0.25, 0.3) is 10.8 Å². The molecule has 9 unspecified atom stereocenters. The molecule has 7 N–H and O–H groups in total. The van der Waals surface area contributed by atoms with Crippen LogP contribution in [0.1, 0.15) is 63.0 Å². The van der Waals surface area contributed by atoms with Crippen LogP contribution in [0.4, 0.5) is 5.69 Å². The van der Waals surface area contributed by atoms with E-state index in [1.165, 1.54) is 52.5 Å². The van der Waals surface area contributed by atoms with Crippen molar-refractivity contribution in [1.29, 1.82) is 0 Å². The largest absolute Gasteiger partial charge is 0.507 e. The van der Waals surface area contributed by atoms with Gasteiger partial charge >= 0.3 is 5.79 Å². The number of Topliss-reactive ketones (excluding diaryl/α,β-unsaturated/α-hetero) is 1. The van der Waals surface area contributed by atoms with E-state index in [-0.39, 0.29) is 44.5 Å². The van der Waals surface area contributed by atoms with Gasteiger partial charge in [0.05, 0.1) is 85.4 Å². The van der Waals surface area contributed by atoms with Gasteiger partial charge in [0, 0.05) is 54.2 Å². The Labute approximate surface area is 320 Å². The van der Waals surface area contributed by atoms with Crippen LogP contribution in [0.5, 0.6) is 23.0 Å². The molecule has 1 amide bonds. The monoisotopic (exact) mass is 767 g/mol. The minimum Gasteiger partial charge on any atom is -0.507 e. The van der Waals surface area contributed by atoms with Crippen LogP contribution in [0, 0.1) is 30.6 Å². The van der Waals surface area contributed by atoms with Crippen molar-refractivity contribution in [2.75, 3.05) is 38.7 Å². The second-order valence-corrected chi connectivity index (χ2v) is 14.8. The van der Waals surface area contributed by atoms with Crippen molar-refractivity contribution >= 4 is 34.4 Å². The third kappa shape index (κ3) is 7.89. The van der Waals surface area contributed by atoms with Gasteiger partial charge in [0.1, 0.15) is 17.2 Å². The number of phenols is 3. The van der Waals surface area contributed by atoms with E-state index in [0.717, 1.165) is 0 Å². The number of fused-ring (bicyclic) bond motifs is 14. The topological polar surface area (TPSA) is 220 Å². The molecule has 2 aromatic rings. The van der Waals surface area contributed by atoms with Gasteiger partial charge in [-0.2, -0.15) is 5.10 Å².